The summed E-state index contributed by atoms with van der Waals surface area (Å²) in [5.74, 6) is -1.29. The van der Waals surface area contributed by atoms with E-state index in [9.17, 15) is 19.7 Å². The zero-order valence-corrected chi connectivity index (χ0v) is 13.0. The monoisotopic (exact) mass is 328 g/mol. The quantitative estimate of drug-likeness (QED) is 0.334. The summed E-state index contributed by atoms with van der Waals surface area (Å²) in [6, 6.07) is 13.0. The van der Waals surface area contributed by atoms with Crippen LogP contribution in [0.25, 0.3) is 0 Å². The number of carbonyl (C=O) groups is 2. The number of ketones is 1. The van der Waals surface area contributed by atoms with Crippen molar-refractivity contribution in [1.29, 1.82) is 0 Å². The van der Waals surface area contributed by atoms with Crippen LogP contribution in [0.5, 0.6) is 0 Å². The van der Waals surface area contributed by atoms with Crippen molar-refractivity contribution in [3.05, 3.63) is 76.1 Å². The van der Waals surface area contributed by atoms with Crippen molar-refractivity contribution in [3.63, 3.8) is 0 Å². The number of nitro groups is 1. The Hall–Kier alpha value is -3.09. The summed E-state index contributed by atoms with van der Waals surface area (Å²) < 4.78 is 4.79. The van der Waals surface area contributed by atoms with Crippen molar-refractivity contribution in [3.8, 4) is 0 Å². The van der Waals surface area contributed by atoms with E-state index in [1.54, 1.807) is 42.5 Å². The van der Waals surface area contributed by atoms with Crippen LogP contribution in [0.3, 0.4) is 0 Å². The van der Waals surface area contributed by atoms with Crippen LogP contribution in [-0.4, -0.2) is 35.3 Å². The molecule has 0 fully saturated rings. The highest BCUT2D eigenvalue weighted by Crippen LogP contribution is 2.31. The van der Waals surface area contributed by atoms with Gasteiger partial charge in [-0.3, -0.25) is 24.7 Å². The molecular weight excluding hydrogens is 312 g/mol. The van der Waals surface area contributed by atoms with Crippen LogP contribution in [0, 0.1) is 10.1 Å². The van der Waals surface area contributed by atoms with Crippen LogP contribution in [-0.2, 0) is 14.9 Å². The molecule has 1 atom stereocenters. The lowest BCUT2D eigenvalue weighted by Crippen LogP contribution is -2.45. The summed E-state index contributed by atoms with van der Waals surface area (Å²) in [4.78, 5) is 39.5. The Labute approximate surface area is 138 Å². The summed E-state index contributed by atoms with van der Waals surface area (Å²) >= 11 is 0. The number of esters is 1. The number of nitrogens with zero attached hydrogens (tertiary/aromatic N) is 2. The first-order chi connectivity index (χ1) is 11.5. The minimum absolute atomic E-state index is 0.144. The van der Waals surface area contributed by atoms with Gasteiger partial charge < -0.3 is 4.74 Å². The second-order valence-electron chi connectivity index (χ2n) is 5.25. The molecule has 0 spiro atoms. The molecule has 0 bridgehead atoms. The first-order valence-corrected chi connectivity index (χ1v) is 7.19. The van der Waals surface area contributed by atoms with Crippen LogP contribution < -0.4 is 0 Å². The van der Waals surface area contributed by atoms with Crippen molar-refractivity contribution < 1.29 is 19.2 Å². The van der Waals surface area contributed by atoms with Crippen molar-refractivity contribution in [2.75, 3.05) is 13.7 Å². The smallest absolute Gasteiger partial charge is 0.323 e. The lowest BCUT2D eigenvalue weighted by Gasteiger charge is -2.26. The number of methoxy groups -OCH3 is 1. The molecule has 0 saturated heterocycles. The Morgan fingerprint density at radius 2 is 1.83 bits per heavy atom. The molecule has 7 nitrogen and oxygen atoms in total. The normalized spacial score (nSPS) is 12.9. The van der Waals surface area contributed by atoms with Gasteiger partial charge in [0, 0.05) is 17.5 Å². The van der Waals surface area contributed by atoms with E-state index >= 15 is 0 Å². The topological polar surface area (TPSA) is 99.4 Å². The molecule has 2 aromatic rings. The van der Waals surface area contributed by atoms with Gasteiger partial charge in [0.2, 0.25) is 6.54 Å². The summed E-state index contributed by atoms with van der Waals surface area (Å²) in [7, 11) is 1.14. The lowest BCUT2D eigenvalue weighted by atomic mass is 9.75. The molecule has 0 aliphatic rings. The predicted octanol–water partition coefficient (Wildman–Crippen LogP) is 2.04. The third-order valence-electron chi connectivity index (χ3n) is 3.71. The fourth-order valence-corrected chi connectivity index (χ4v) is 2.57. The van der Waals surface area contributed by atoms with Gasteiger partial charge in [0.15, 0.2) is 11.2 Å². The first-order valence-electron chi connectivity index (χ1n) is 7.19. The molecular formula is C17H16N2O5. The summed E-state index contributed by atoms with van der Waals surface area (Å²) in [6.07, 6.45) is 1.05. The lowest BCUT2D eigenvalue weighted by molar-refractivity contribution is -0.488. The Bertz CT molecular complexity index is 733. The minimum Gasteiger partial charge on any atom is -0.468 e. The number of hydrogen-bond donors (Lipinski definition) is 0. The molecule has 7 heteroatoms. The number of ether oxygens (including phenoxy) is 1. The molecule has 0 N–H and O–H groups in total. The zero-order chi connectivity index (χ0) is 17.6. The molecule has 0 aliphatic heterocycles. The molecule has 124 valence electrons. The highest BCUT2D eigenvalue weighted by molar-refractivity contribution is 5.99. The van der Waals surface area contributed by atoms with Crippen molar-refractivity contribution in [2.45, 2.75) is 11.8 Å². The molecule has 0 saturated carbocycles. The summed E-state index contributed by atoms with van der Waals surface area (Å²) in [5, 5.41) is 11.2. The Kier molecular flexibility index (Phi) is 5.36. The fraction of sp³-hybridized carbons (Fsp3) is 0.235. The van der Waals surface area contributed by atoms with Gasteiger partial charge in [-0.25, -0.2) is 0 Å². The third-order valence-corrected chi connectivity index (χ3v) is 3.71. The highest BCUT2D eigenvalue weighted by Gasteiger charge is 2.48. The van der Waals surface area contributed by atoms with Crippen LogP contribution >= 0.6 is 0 Å². The van der Waals surface area contributed by atoms with E-state index in [1.807, 2.05) is 0 Å². The molecule has 1 aromatic carbocycles. The predicted molar refractivity (Wildman–Crippen MR) is 85.2 cm³/mol. The van der Waals surface area contributed by atoms with E-state index in [4.69, 9.17) is 4.74 Å². The van der Waals surface area contributed by atoms with Gasteiger partial charge >= 0.3 is 5.97 Å². The van der Waals surface area contributed by atoms with Gasteiger partial charge in [0.25, 0.3) is 0 Å². The highest BCUT2D eigenvalue weighted by atomic mass is 16.6. The zero-order valence-electron chi connectivity index (χ0n) is 13.0. The Balaban J connectivity index is 2.50. The molecule has 0 unspecified atom stereocenters. The van der Waals surface area contributed by atoms with Gasteiger partial charge in [-0.15, -0.1) is 0 Å². The van der Waals surface area contributed by atoms with Gasteiger partial charge in [0.1, 0.15) is 5.69 Å². The average molecular weight is 328 g/mol. The molecule has 0 amide bonds. The number of Topliss-reactive ketones (excluding diaryl/α,β-unsaturated/α-hetero) is 1. The molecule has 0 radical (unpaired) electrons. The van der Waals surface area contributed by atoms with Gasteiger partial charge in [0.05, 0.1) is 7.11 Å². The second-order valence-corrected chi connectivity index (χ2v) is 5.25. The maximum Gasteiger partial charge on any atom is 0.323 e. The molecule has 2 rings (SSSR count). The van der Waals surface area contributed by atoms with E-state index in [0.717, 1.165) is 7.11 Å². The standard InChI is InChI=1S/C17H16N2O5/c1-24-16(21)17(12-19(22)23,13-7-3-2-4-8-13)11-15(20)14-9-5-6-10-18-14/h2-10H,11-12H2,1H3/t17-/m0/s1. The fourth-order valence-electron chi connectivity index (χ4n) is 2.57. The van der Waals surface area contributed by atoms with E-state index < -0.39 is 35.1 Å². The summed E-state index contributed by atoms with van der Waals surface area (Å²) in [6.45, 7) is -0.748. The third kappa shape index (κ3) is 3.62. The van der Waals surface area contributed by atoms with Gasteiger partial charge in [-0.2, -0.15) is 0 Å². The maximum atomic E-state index is 12.5. The van der Waals surface area contributed by atoms with E-state index in [0.29, 0.717) is 5.56 Å². The van der Waals surface area contributed by atoms with Crippen molar-refractivity contribution >= 4 is 11.8 Å². The van der Waals surface area contributed by atoms with E-state index in [1.165, 1.54) is 12.3 Å². The van der Waals surface area contributed by atoms with E-state index in [-0.39, 0.29) is 5.69 Å². The minimum atomic E-state index is -1.70. The summed E-state index contributed by atoms with van der Waals surface area (Å²) in [5.41, 5.74) is -1.20. The van der Waals surface area contributed by atoms with Crippen LogP contribution in [0.4, 0.5) is 0 Å². The van der Waals surface area contributed by atoms with E-state index in [2.05, 4.69) is 4.98 Å². The Morgan fingerprint density at radius 1 is 1.17 bits per heavy atom. The molecule has 1 heterocycles. The van der Waals surface area contributed by atoms with Gasteiger partial charge in [-0.05, 0) is 17.7 Å². The second kappa shape index (κ2) is 7.45. The Morgan fingerprint density at radius 3 is 2.38 bits per heavy atom. The number of benzene rings is 1. The number of pyridine rings is 1. The SMILES string of the molecule is COC(=O)[C@@](CC(=O)c1ccccn1)(C[N+](=O)[O-])c1ccccc1. The number of rotatable bonds is 7. The number of aromatic nitrogens is 1. The van der Waals surface area contributed by atoms with Crippen LogP contribution in [0.2, 0.25) is 0 Å². The van der Waals surface area contributed by atoms with Crippen LogP contribution in [0.15, 0.2) is 54.7 Å². The van der Waals surface area contributed by atoms with Crippen molar-refractivity contribution in [2.24, 2.45) is 0 Å². The molecule has 24 heavy (non-hydrogen) atoms. The van der Waals surface area contributed by atoms with Crippen LogP contribution in [0.1, 0.15) is 22.5 Å². The largest absolute Gasteiger partial charge is 0.468 e. The number of hydrogen-bond acceptors (Lipinski definition) is 6. The van der Waals surface area contributed by atoms with Gasteiger partial charge in [-0.1, -0.05) is 36.4 Å². The number of carbonyl (C=O) groups excluding carboxylic acids is 2. The average Bonchev–Trinajstić information content (AvgIpc) is 2.61. The molecule has 0 aliphatic carbocycles. The molecule has 1 aromatic heterocycles. The maximum absolute atomic E-state index is 12.5. The first kappa shape index (κ1) is 17.3. The van der Waals surface area contributed by atoms with Crippen molar-refractivity contribution in [1.82, 2.24) is 4.98 Å².